The van der Waals surface area contributed by atoms with Crippen molar-refractivity contribution in [3.05, 3.63) is 22.8 Å². The predicted octanol–water partition coefficient (Wildman–Crippen LogP) is 1.80. The smallest absolute Gasteiger partial charge is 0.335 e. The minimum Gasteiger partial charge on any atom is -0.478 e. The van der Waals surface area contributed by atoms with Gasteiger partial charge in [0.1, 0.15) is 11.0 Å². The molecule has 2 N–H and O–H groups in total. The number of anilines is 1. The summed E-state index contributed by atoms with van der Waals surface area (Å²) in [4.78, 5) is 17.2. The van der Waals surface area contributed by atoms with Crippen LogP contribution in [-0.4, -0.2) is 47.6 Å². The first kappa shape index (κ1) is 13.1. The van der Waals surface area contributed by atoms with E-state index in [4.69, 9.17) is 16.7 Å². The van der Waals surface area contributed by atoms with Crippen LogP contribution in [0, 0.1) is 5.92 Å². The fraction of sp³-hybridized carbons (Fsp3) is 0.500. The van der Waals surface area contributed by atoms with Crippen molar-refractivity contribution in [3.8, 4) is 0 Å². The van der Waals surface area contributed by atoms with E-state index < -0.39 is 5.97 Å². The number of nitrogens with zero attached hydrogens (tertiary/aromatic N) is 2. The molecule has 2 rings (SSSR count). The van der Waals surface area contributed by atoms with Crippen molar-refractivity contribution < 1.29 is 9.90 Å². The number of pyridine rings is 1. The number of likely N-dealkylation sites (tertiary alicyclic amines) is 1. The third-order valence-electron chi connectivity index (χ3n) is 3.10. The maximum atomic E-state index is 10.9. The first-order chi connectivity index (χ1) is 8.54. The van der Waals surface area contributed by atoms with Crippen LogP contribution in [0.5, 0.6) is 0 Å². The number of carboxylic acid groups (broad SMARTS) is 1. The summed E-state index contributed by atoms with van der Waals surface area (Å²) in [5.74, 6) is 0.0986. The molecule has 5 nitrogen and oxygen atoms in total. The van der Waals surface area contributed by atoms with E-state index >= 15 is 0 Å². The normalized spacial score (nSPS) is 20.0. The Morgan fingerprint density at radius 2 is 2.44 bits per heavy atom. The maximum absolute atomic E-state index is 10.9. The Morgan fingerprint density at radius 1 is 1.67 bits per heavy atom. The van der Waals surface area contributed by atoms with E-state index in [0.29, 0.717) is 11.7 Å². The lowest BCUT2D eigenvalue weighted by atomic mass is 10.1. The molecule has 6 heteroatoms. The molecule has 1 fully saturated rings. The summed E-state index contributed by atoms with van der Waals surface area (Å²) >= 11 is 5.79. The average molecular weight is 270 g/mol. The molecule has 1 aromatic heterocycles. The van der Waals surface area contributed by atoms with Crippen LogP contribution in [0.1, 0.15) is 16.8 Å². The van der Waals surface area contributed by atoms with Gasteiger partial charge in [-0.25, -0.2) is 9.78 Å². The van der Waals surface area contributed by atoms with Crippen LogP contribution in [0.25, 0.3) is 0 Å². The second-order valence-electron chi connectivity index (χ2n) is 4.67. The Kier molecular flexibility index (Phi) is 4.04. The summed E-state index contributed by atoms with van der Waals surface area (Å²) in [6, 6.07) is 2.85. The largest absolute Gasteiger partial charge is 0.478 e. The second-order valence-corrected chi connectivity index (χ2v) is 5.05. The van der Waals surface area contributed by atoms with Crippen molar-refractivity contribution in [1.82, 2.24) is 9.88 Å². The van der Waals surface area contributed by atoms with Crippen molar-refractivity contribution in [3.63, 3.8) is 0 Å². The molecule has 0 spiro atoms. The first-order valence-corrected chi connectivity index (χ1v) is 6.25. The Hall–Kier alpha value is -1.33. The number of aromatic carboxylic acids is 1. The van der Waals surface area contributed by atoms with Gasteiger partial charge in [-0.15, -0.1) is 0 Å². The molecule has 1 unspecified atom stereocenters. The van der Waals surface area contributed by atoms with Gasteiger partial charge in [-0.2, -0.15) is 0 Å². The molecule has 1 saturated heterocycles. The van der Waals surface area contributed by atoms with E-state index in [-0.39, 0.29) is 10.7 Å². The molecule has 0 radical (unpaired) electrons. The van der Waals surface area contributed by atoms with Crippen molar-refractivity contribution in [1.29, 1.82) is 0 Å². The zero-order valence-electron chi connectivity index (χ0n) is 10.2. The summed E-state index contributed by atoms with van der Waals surface area (Å²) in [5.41, 5.74) is 0.154. The third kappa shape index (κ3) is 3.34. The van der Waals surface area contributed by atoms with E-state index in [0.717, 1.165) is 26.1 Å². The third-order valence-corrected chi connectivity index (χ3v) is 3.30. The predicted molar refractivity (Wildman–Crippen MR) is 70.3 cm³/mol. The number of nitrogens with one attached hydrogen (secondary N) is 1. The molecule has 2 heterocycles. The van der Waals surface area contributed by atoms with Crippen molar-refractivity contribution >= 4 is 23.4 Å². The van der Waals surface area contributed by atoms with Gasteiger partial charge in [-0.3, -0.25) is 0 Å². The molecule has 0 amide bonds. The number of halogens is 1. The molecular formula is C12H16ClN3O2. The number of carbonyl (C=O) groups is 1. The maximum Gasteiger partial charge on any atom is 0.335 e. The van der Waals surface area contributed by atoms with Crippen molar-refractivity contribution in [2.75, 3.05) is 32.0 Å². The molecule has 0 aliphatic carbocycles. The molecule has 1 aromatic rings. The van der Waals surface area contributed by atoms with Crippen LogP contribution in [-0.2, 0) is 0 Å². The topological polar surface area (TPSA) is 65.5 Å². The Labute approximate surface area is 111 Å². The lowest BCUT2D eigenvalue weighted by Crippen LogP contribution is -2.19. The summed E-state index contributed by atoms with van der Waals surface area (Å²) in [6.45, 7) is 2.95. The van der Waals surface area contributed by atoms with E-state index in [1.54, 1.807) is 0 Å². The summed E-state index contributed by atoms with van der Waals surface area (Å²) in [5, 5.41) is 12.3. The van der Waals surface area contributed by atoms with Gasteiger partial charge >= 0.3 is 5.97 Å². The average Bonchev–Trinajstić information content (AvgIpc) is 2.72. The monoisotopic (exact) mass is 269 g/mol. The highest BCUT2D eigenvalue weighted by Crippen LogP contribution is 2.18. The van der Waals surface area contributed by atoms with Crippen LogP contribution in [0.2, 0.25) is 5.15 Å². The zero-order valence-corrected chi connectivity index (χ0v) is 10.9. The lowest BCUT2D eigenvalue weighted by Gasteiger charge is -2.12. The molecule has 0 aromatic carbocycles. The minimum atomic E-state index is -0.997. The van der Waals surface area contributed by atoms with E-state index in [2.05, 4.69) is 22.2 Å². The van der Waals surface area contributed by atoms with Gasteiger partial charge < -0.3 is 15.3 Å². The molecule has 0 saturated carbocycles. The highest BCUT2D eigenvalue weighted by Gasteiger charge is 2.19. The standard InChI is InChI=1S/C12H16ClN3O2/c1-16-3-2-8(7-16)6-14-11-5-9(12(17)18)4-10(13)15-11/h4-5,8H,2-3,6-7H2,1H3,(H,14,15)(H,17,18). The van der Waals surface area contributed by atoms with E-state index in [1.165, 1.54) is 12.1 Å². The number of carboxylic acids is 1. The van der Waals surface area contributed by atoms with Crippen molar-refractivity contribution in [2.45, 2.75) is 6.42 Å². The molecule has 0 bridgehead atoms. The fourth-order valence-electron chi connectivity index (χ4n) is 2.15. The fourth-order valence-corrected chi connectivity index (χ4v) is 2.36. The molecular weight excluding hydrogens is 254 g/mol. The van der Waals surface area contributed by atoms with Crippen LogP contribution in [0.15, 0.2) is 12.1 Å². The number of rotatable bonds is 4. The summed E-state index contributed by atoms with van der Waals surface area (Å²) < 4.78 is 0. The van der Waals surface area contributed by atoms with Crippen molar-refractivity contribution in [2.24, 2.45) is 5.92 Å². The Morgan fingerprint density at radius 3 is 3.06 bits per heavy atom. The number of hydrogen-bond acceptors (Lipinski definition) is 4. The van der Waals surface area contributed by atoms with Gasteiger partial charge in [0, 0.05) is 13.1 Å². The Balaban J connectivity index is 1.98. The highest BCUT2D eigenvalue weighted by molar-refractivity contribution is 6.29. The summed E-state index contributed by atoms with van der Waals surface area (Å²) in [6.07, 6.45) is 1.15. The van der Waals surface area contributed by atoms with Gasteiger partial charge in [-0.05, 0) is 38.1 Å². The van der Waals surface area contributed by atoms with E-state index in [1.807, 2.05) is 0 Å². The van der Waals surface area contributed by atoms with Gasteiger partial charge in [0.25, 0.3) is 0 Å². The van der Waals surface area contributed by atoms with E-state index in [9.17, 15) is 4.79 Å². The van der Waals surface area contributed by atoms with Crippen LogP contribution < -0.4 is 5.32 Å². The zero-order chi connectivity index (χ0) is 13.1. The highest BCUT2D eigenvalue weighted by atomic mass is 35.5. The minimum absolute atomic E-state index is 0.154. The van der Waals surface area contributed by atoms with Crippen LogP contribution >= 0.6 is 11.6 Å². The first-order valence-electron chi connectivity index (χ1n) is 5.88. The van der Waals surface area contributed by atoms with Gasteiger partial charge in [0.05, 0.1) is 5.56 Å². The second kappa shape index (κ2) is 5.54. The Bertz CT molecular complexity index is 453. The summed E-state index contributed by atoms with van der Waals surface area (Å²) in [7, 11) is 2.10. The number of hydrogen-bond donors (Lipinski definition) is 2. The molecule has 1 aliphatic heterocycles. The number of aromatic nitrogens is 1. The quantitative estimate of drug-likeness (QED) is 0.816. The SMILES string of the molecule is CN1CCC(CNc2cc(C(=O)O)cc(Cl)n2)C1. The molecule has 1 atom stereocenters. The van der Waals surface area contributed by atoms with Crippen LogP contribution in [0.3, 0.4) is 0 Å². The van der Waals surface area contributed by atoms with Gasteiger partial charge in [0.15, 0.2) is 0 Å². The van der Waals surface area contributed by atoms with Gasteiger partial charge in [-0.1, -0.05) is 11.6 Å². The lowest BCUT2D eigenvalue weighted by molar-refractivity contribution is 0.0697. The van der Waals surface area contributed by atoms with Crippen LogP contribution in [0.4, 0.5) is 5.82 Å². The molecule has 18 heavy (non-hydrogen) atoms. The molecule has 98 valence electrons. The molecule has 1 aliphatic rings. The van der Waals surface area contributed by atoms with Gasteiger partial charge in [0.2, 0.25) is 0 Å².